The molecule has 2 aromatic carbocycles. The molecule has 0 aliphatic carbocycles. The van der Waals surface area contributed by atoms with Gasteiger partial charge in [-0.05, 0) is 36.8 Å². The topological polar surface area (TPSA) is 155 Å². The van der Waals surface area contributed by atoms with Crippen molar-refractivity contribution in [2.45, 2.75) is 29.6 Å². The Morgan fingerprint density at radius 3 is 2.09 bits per heavy atom. The van der Waals surface area contributed by atoms with Crippen LogP contribution < -0.4 is 10.9 Å². The first-order chi connectivity index (χ1) is 14.9. The van der Waals surface area contributed by atoms with Gasteiger partial charge in [0.25, 0.3) is 15.9 Å². The molecule has 1 aromatic heterocycles. The van der Waals surface area contributed by atoms with Gasteiger partial charge in [-0.25, -0.2) is 13.6 Å². The van der Waals surface area contributed by atoms with Crippen molar-refractivity contribution < 1.29 is 21.6 Å². The molecule has 1 heterocycles. The van der Waals surface area contributed by atoms with E-state index in [-0.39, 0.29) is 39.0 Å². The summed E-state index contributed by atoms with van der Waals surface area (Å²) in [6.45, 7) is 1.77. The van der Waals surface area contributed by atoms with Gasteiger partial charge in [0.1, 0.15) is 15.5 Å². The van der Waals surface area contributed by atoms with Crippen molar-refractivity contribution in [3.05, 3.63) is 63.8 Å². The van der Waals surface area contributed by atoms with Crippen LogP contribution in [0.1, 0.15) is 29.4 Å². The summed E-state index contributed by atoms with van der Waals surface area (Å²) in [5.41, 5.74) is 5.66. The zero-order valence-electron chi connectivity index (χ0n) is 16.6. The van der Waals surface area contributed by atoms with Crippen LogP contribution in [0.25, 0.3) is 11.3 Å². The molecule has 0 aliphatic heterocycles. The molecule has 0 bridgehead atoms. The van der Waals surface area contributed by atoms with E-state index in [2.05, 4.69) is 5.10 Å². The van der Waals surface area contributed by atoms with Crippen molar-refractivity contribution in [3.8, 4) is 11.3 Å². The first kappa shape index (κ1) is 24.2. The van der Waals surface area contributed by atoms with E-state index in [0.29, 0.717) is 10.5 Å². The number of amides is 1. The van der Waals surface area contributed by atoms with Gasteiger partial charge >= 0.3 is 0 Å². The summed E-state index contributed by atoms with van der Waals surface area (Å²) in [5.74, 6) is -0.916. The number of primary amides is 1. The maximum absolute atomic E-state index is 13.5. The number of primary sulfonamides is 1. The Hall–Kier alpha value is -2.44. The fourth-order valence-electron chi connectivity index (χ4n) is 3.23. The Morgan fingerprint density at radius 2 is 1.59 bits per heavy atom. The Balaban J connectivity index is 2.41. The number of hydrogen-bond acceptors (Lipinski definition) is 6. The molecule has 4 N–H and O–H groups in total. The molecule has 1 amide bonds. The molecule has 170 valence electrons. The van der Waals surface area contributed by atoms with Crippen LogP contribution in [0.2, 0.25) is 10.0 Å². The first-order valence-electron chi connectivity index (χ1n) is 9.13. The lowest BCUT2D eigenvalue weighted by Crippen LogP contribution is -2.23. The molecule has 9 nitrogen and oxygen atoms in total. The quantitative estimate of drug-likeness (QED) is 0.491. The van der Waals surface area contributed by atoms with Gasteiger partial charge < -0.3 is 5.73 Å². The molecule has 32 heavy (non-hydrogen) atoms. The van der Waals surface area contributed by atoms with Gasteiger partial charge in [-0.2, -0.15) is 17.6 Å². The third-order valence-corrected chi connectivity index (χ3v) is 7.68. The minimum Gasteiger partial charge on any atom is -0.365 e. The predicted molar refractivity (Wildman–Crippen MR) is 121 cm³/mol. The highest BCUT2D eigenvalue weighted by molar-refractivity contribution is 7.92. The van der Waals surface area contributed by atoms with Crippen molar-refractivity contribution in [1.29, 1.82) is 0 Å². The second-order valence-electron chi connectivity index (χ2n) is 6.78. The van der Waals surface area contributed by atoms with Crippen molar-refractivity contribution >= 4 is 49.2 Å². The summed E-state index contributed by atoms with van der Waals surface area (Å²) in [4.78, 5) is 11.2. The lowest BCUT2D eigenvalue weighted by Gasteiger charge is -2.11. The summed E-state index contributed by atoms with van der Waals surface area (Å²) in [6.07, 6.45) is 0.546. The normalized spacial score (nSPS) is 12.1. The number of rotatable bonds is 7. The lowest BCUT2D eigenvalue weighted by molar-refractivity contribution is 0.1000. The molecule has 0 fully saturated rings. The summed E-state index contributed by atoms with van der Waals surface area (Å²) in [6, 6.07) is 9.20. The SMILES string of the molecule is CCCc1c(C(N)=O)c(-c2cc(Cl)cc(Cl)c2)nn1S(=O)(=O)c1ccccc1S(N)(=O)=O. The minimum absolute atomic E-state index is 0.00433. The highest BCUT2D eigenvalue weighted by Gasteiger charge is 2.32. The van der Waals surface area contributed by atoms with Gasteiger partial charge in [-0.3, -0.25) is 4.79 Å². The summed E-state index contributed by atoms with van der Waals surface area (Å²) in [5, 5.41) is 9.83. The Kier molecular flexibility index (Phi) is 6.68. The lowest BCUT2D eigenvalue weighted by atomic mass is 10.0. The van der Waals surface area contributed by atoms with Crippen LogP contribution in [0.5, 0.6) is 0 Å². The standard InChI is InChI=1S/C19H18Cl2N4O5S2/c1-2-5-14-17(19(22)26)18(11-8-12(20)10-13(21)9-11)24-25(14)32(29,30)16-7-4-3-6-15(16)31(23,27)28/h3-4,6-10H,2,5H2,1H3,(H2,22,26)(H2,23,27,28). The van der Waals surface area contributed by atoms with Crippen LogP contribution in [0.15, 0.2) is 52.3 Å². The van der Waals surface area contributed by atoms with E-state index >= 15 is 0 Å². The molecule has 3 rings (SSSR count). The van der Waals surface area contributed by atoms with Crippen molar-refractivity contribution in [2.75, 3.05) is 0 Å². The number of halogens is 2. The van der Waals surface area contributed by atoms with Crippen LogP contribution in [-0.4, -0.2) is 31.9 Å². The number of sulfonamides is 1. The molecule has 13 heteroatoms. The van der Waals surface area contributed by atoms with Crippen molar-refractivity contribution in [2.24, 2.45) is 10.9 Å². The van der Waals surface area contributed by atoms with Crippen LogP contribution in [-0.2, 0) is 26.5 Å². The fraction of sp³-hybridized carbons (Fsp3) is 0.158. The number of nitrogens with two attached hydrogens (primary N) is 2. The number of benzene rings is 2. The predicted octanol–water partition coefficient (Wildman–Crippen LogP) is 2.79. The number of aromatic nitrogens is 2. The van der Waals surface area contributed by atoms with Crippen molar-refractivity contribution in [3.63, 3.8) is 0 Å². The minimum atomic E-state index is -4.60. The van der Waals surface area contributed by atoms with E-state index < -0.39 is 35.7 Å². The van der Waals surface area contributed by atoms with Crippen LogP contribution in [0.4, 0.5) is 0 Å². The van der Waals surface area contributed by atoms with E-state index in [1.807, 2.05) is 0 Å². The molecule has 0 saturated carbocycles. The Bertz CT molecular complexity index is 1410. The maximum atomic E-state index is 13.5. The molecule has 0 aliphatic rings. The molecule has 0 saturated heterocycles. The monoisotopic (exact) mass is 516 g/mol. The van der Waals surface area contributed by atoms with E-state index in [9.17, 15) is 21.6 Å². The molecule has 0 unspecified atom stereocenters. The van der Waals surface area contributed by atoms with Gasteiger partial charge in [0.2, 0.25) is 10.0 Å². The van der Waals surface area contributed by atoms with Crippen LogP contribution in [0, 0.1) is 0 Å². The summed E-state index contributed by atoms with van der Waals surface area (Å²) >= 11 is 12.1. The summed E-state index contributed by atoms with van der Waals surface area (Å²) in [7, 11) is -8.98. The van der Waals surface area contributed by atoms with Crippen LogP contribution >= 0.6 is 23.2 Å². The van der Waals surface area contributed by atoms with Gasteiger partial charge in [0, 0.05) is 15.6 Å². The van der Waals surface area contributed by atoms with E-state index in [1.54, 1.807) is 6.92 Å². The first-order valence-corrected chi connectivity index (χ1v) is 12.9. The summed E-state index contributed by atoms with van der Waals surface area (Å²) < 4.78 is 51.7. The molecular weight excluding hydrogens is 499 g/mol. The number of carbonyl (C=O) groups excluding carboxylic acids is 1. The zero-order valence-corrected chi connectivity index (χ0v) is 19.8. The van der Waals surface area contributed by atoms with E-state index in [4.69, 9.17) is 34.1 Å². The molecule has 0 spiro atoms. The Labute approximate surface area is 195 Å². The van der Waals surface area contributed by atoms with Gasteiger partial charge in [0.15, 0.2) is 0 Å². The average molecular weight is 517 g/mol. The van der Waals surface area contributed by atoms with Crippen molar-refractivity contribution in [1.82, 2.24) is 9.19 Å². The number of hydrogen-bond donors (Lipinski definition) is 2. The number of nitrogens with zero attached hydrogens (tertiary/aromatic N) is 2. The molecular formula is C19H18Cl2N4O5S2. The average Bonchev–Trinajstić information content (AvgIpc) is 3.07. The third kappa shape index (κ3) is 4.52. The number of carbonyl (C=O) groups is 1. The van der Waals surface area contributed by atoms with Gasteiger partial charge in [0.05, 0.1) is 11.3 Å². The van der Waals surface area contributed by atoms with Gasteiger partial charge in [-0.1, -0.05) is 48.7 Å². The Morgan fingerprint density at radius 1 is 1.03 bits per heavy atom. The molecule has 0 atom stereocenters. The second kappa shape index (κ2) is 8.83. The highest BCUT2D eigenvalue weighted by atomic mass is 35.5. The van der Waals surface area contributed by atoms with E-state index in [0.717, 1.165) is 12.1 Å². The third-order valence-electron chi connectivity index (χ3n) is 4.48. The largest absolute Gasteiger partial charge is 0.365 e. The highest BCUT2D eigenvalue weighted by Crippen LogP contribution is 2.33. The maximum Gasteiger partial charge on any atom is 0.284 e. The fourth-order valence-corrected chi connectivity index (χ4v) is 6.46. The van der Waals surface area contributed by atoms with Gasteiger partial charge in [-0.15, -0.1) is 0 Å². The second-order valence-corrected chi connectivity index (χ2v) is 10.9. The zero-order chi connectivity index (χ0) is 23.8. The van der Waals surface area contributed by atoms with Crippen LogP contribution in [0.3, 0.4) is 0 Å². The molecule has 3 aromatic rings. The van der Waals surface area contributed by atoms with E-state index in [1.165, 1.54) is 30.3 Å². The molecule has 0 radical (unpaired) electrons. The smallest absolute Gasteiger partial charge is 0.284 e.